The van der Waals surface area contributed by atoms with Crippen molar-refractivity contribution >= 4 is 11.3 Å². The number of hydrogen-bond donors (Lipinski definition) is 2. The summed E-state index contributed by atoms with van der Waals surface area (Å²) in [5, 5.41) is 14.0. The smallest absolute Gasteiger partial charge is 0.418 e. The van der Waals surface area contributed by atoms with Crippen LogP contribution in [0.15, 0.2) is 35.0 Å². The second kappa shape index (κ2) is 6.97. The van der Waals surface area contributed by atoms with Gasteiger partial charge >= 0.3 is 6.18 Å². The van der Waals surface area contributed by atoms with Gasteiger partial charge in [-0.1, -0.05) is 19.9 Å². The molecule has 0 bridgehead atoms. The van der Waals surface area contributed by atoms with Crippen molar-refractivity contribution < 1.29 is 23.0 Å². The molecule has 0 saturated heterocycles. The van der Waals surface area contributed by atoms with E-state index >= 15 is 0 Å². The lowest BCUT2D eigenvalue weighted by Crippen LogP contribution is -2.54. The van der Waals surface area contributed by atoms with Crippen molar-refractivity contribution in [2.75, 3.05) is 13.7 Å². The quantitative estimate of drug-likeness (QED) is 0.792. The molecular formula is C18H22F3NO2S. The Morgan fingerprint density at radius 3 is 2.32 bits per heavy atom. The van der Waals surface area contributed by atoms with E-state index in [0.29, 0.717) is 11.3 Å². The molecule has 0 fully saturated rings. The summed E-state index contributed by atoms with van der Waals surface area (Å²) < 4.78 is 45.2. The largest absolute Gasteiger partial charge is 0.496 e. The maximum absolute atomic E-state index is 13.3. The molecule has 7 heteroatoms. The number of methoxy groups -OCH3 is 1. The summed E-state index contributed by atoms with van der Waals surface area (Å²) in [4.78, 5) is 0. The lowest BCUT2D eigenvalue weighted by molar-refractivity contribution is -0.262. The maximum Gasteiger partial charge on any atom is 0.418 e. The fourth-order valence-corrected chi connectivity index (χ4v) is 3.62. The molecule has 0 aliphatic heterocycles. The molecule has 3 N–H and O–H groups in total. The van der Waals surface area contributed by atoms with Crippen molar-refractivity contribution in [3.05, 3.63) is 40.6 Å². The lowest BCUT2D eigenvalue weighted by Gasteiger charge is -2.37. The number of alkyl halides is 3. The first-order valence-corrected chi connectivity index (χ1v) is 8.68. The fraction of sp³-hybridized carbons (Fsp3) is 0.444. The molecule has 1 heterocycles. The summed E-state index contributed by atoms with van der Waals surface area (Å²) in [6.45, 7) is 2.40. The summed E-state index contributed by atoms with van der Waals surface area (Å²) in [6.07, 6.45) is -5.37. The molecule has 2 aromatic rings. The predicted octanol–water partition coefficient (Wildman–Crippen LogP) is 4.34. The van der Waals surface area contributed by atoms with E-state index in [9.17, 15) is 18.3 Å². The third-order valence-electron chi connectivity index (χ3n) is 4.38. The Morgan fingerprint density at radius 2 is 1.84 bits per heavy atom. The van der Waals surface area contributed by atoms with Crippen molar-refractivity contribution in [3.8, 4) is 16.9 Å². The second-order valence-corrected chi connectivity index (χ2v) is 7.50. The minimum atomic E-state index is -4.81. The van der Waals surface area contributed by atoms with Crippen LogP contribution in [0.3, 0.4) is 0 Å². The van der Waals surface area contributed by atoms with Gasteiger partial charge in [0.05, 0.1) is 7.11 Å². The number of nitrogens with two attached hydrogens (primary N) is 1. The third kappa shape index (κ3) is 3.99. The Hall–Kier alpha value is -1.57. The van der Waals surface area contributed by atoms with Crippen LogP contribution in [0, 0.1) is 0 Å². The highest BCUT2D eigenvalue weighted by Crippen LogP contribution is 2.44. The Morgan fingerprint density at radius 1 is 1.16 bits per heavy atom. The number of thiophene rings is 1. The predicted molar refractivity (Wildman–Crippen MR) is 94.0 cm³/mol. The first kappa shape index (κ1) is 19.8. The molecule has 1 unspecified atom stereocenters. The van der Waals surface area contributed by atoms with E-state index in [4.69, 9.17) is 10.5 Å². The van der Waals surface area contributed by atoms with Crippen LogP contribution in [-0.4, -0.2) is 30.5 Å². The van der Waals surface area contributed by atoms with Crippen LogP contribution in [0.5, 0.6) is 5.75 Å². The van der Waals surface area contributed by atoms with Crippen LogP contribution in [0.1, 0.15) is 25.8 Å². The SMILES string of the molecule is COc1ccc(-c2ccsc2)cc1C(C)(C)CC(O)(CN)C(F)(F)F. The Balaban J connectivity index is 2.48. The van der Waals surface area contributed by atoms with E-state index in [1.165, 1.54) is 18.4 Å². The van der Waals surface area contributed by atoms with Gasteiger partial charge in [0.25, 0.3) is 0 Å². The third-order valence-corrected chi connectivity index (χ3v) is 5.07. The standard InChI is InChI=1S/C18H22F3NO2S/c1-16(2,10-17(23,11-22)18(19,20)21)14-8-12(4-5-15(14)24-3)13-6-7-25-9-13/h4-9,23H,10-11,22H2,1-3H3. The summed E-state index contributed by atoms with van der Waals surface area (Å²) >= 11 is 1.54. The first-order valence-electron chi connectivity index (χ1n) is 7.74. The average Bonchev–Trinajstić information content (AvgIpc) is 3.07. The van der Waals surface area contributed by atoms with Crippen LogP contribution < -0.4 is 10.5 Å². The van der Waals surface area contributed by atoms with Gasteiger partial charge in [0.1, 0.15) is 5.75 Å². The highest BCUT2D eigenvalue weighted by molar-refractivity contribution is 7.08. The molecule has 0 radical (unpaired) electrons. The number of halogens is 3. The Kier molecular flexibility index (Phi) is 5.51. The van der Waals surface area contributed by atoms with Crippen molar-refractivity contribution in [1.29, 1.82) is 0 Å². The van der Waals surface area contributed by atoms with Crippen LogP contribution in [0.4, 0.5) is 13.2 Å². The average molecular weight is 373 g/mol. The molecule has 1 aromatic carbocycles. The lowest BCUT2D eigenvalue weighted by atomic mass is 9.74. The van der Waals surface area contributed by atoms with E-state index < -0.39 is 30.2 Å². The molecule has 2 rings (SSSR count). The second-order valence-electron chi connectivity index (χ2n) is 6.72. The maximum atomic E-state index is 13.3. The summed E-state index contributed by atoms with van der Waals surface area (Å²) in [5.74, 6) is 0.477. The van der Waals surface area contributed by atoms with Gasteiger partial charge < -0.3 is 15.6 Å². The minimum Gasteiger partial charge on any atom is -0.496 e. The van der Waals surface area contributed by atoms with Crippen molar-refractivity contribution in [1.82, 2.24) is 0 Å². The molecule has 25 heavy (non-hydrogen) atoms. The molecule has 1 atom stereocenters. The molecular weight excluding hydrogens is 351 g/mol. The van der Waals surface area contributed by atoms with Gasteiger partial charge in [0.15, 0.2) is 5.60 Å². The zero-order valence-corrected chi connectivity index (χ0v) is 15.2. The summed E-state index contributed by atoms with van der Waals surface area (Å²) in [6, 6.07) is 7.35. The number of hydrogen-bond acceptors (Lipinski definition) is 4. The van der Waals surface area contributed by atoms with Crippen molar-refractivity contribution in [2.24, 2.45) is 5.73 Å². The number of aliphatic hydroxyl groups is 1. The van der Waals surface area contributed by atoms with E-state index in [2.05, 4.69) is 0 Å². The zero-order valence-electron chi connectivity index (χ0n) is 14.4. The molecule has 138 valence electrons. The van der Waals surface area contributed by atoms with Gasteiger partial charge in [-0.15, -0.1) is 0 Å². The van der Waals surface area contributed by atoms with Crippen LogP contribution in [0.25, 0.3) is 11.1 Å². The number of ether oxygens (including phenoxy) is 1. The number of rotatable bonds is 6. The summed E-state index contributed by atoms with van der Waals surface area (Å²) in [7, 11) is 1.47. The van der Waals surface area contributed by atoms with Gasteiger partial charge in [-0.2, -0.15) is 24.5 Å². The van der Waals surface area contributed by atoms with E-state index in [1.807, 2.05) is 29.0 Å². The normalized spacial score (nSPS) is 15.0. The van der Waals surface area contributed by atoms with Gasteiger partial charge in [-0.05, 0) is 51.9 Å². The van der Waals surface area contributed by atoms with Crippen LogP contribution in [-0.2, 0) is 5.41 Å². The molecule has 0 aliphatic carbocycles. The monoisotopic (exact) mass is 373 g/mol. The molecule has 3 nitrogen and oxygen atoms in total. The fourth-order valence-electron chi connectivity index (χ4n) is 2.96. The van der Waals surface area contributed by atoms with Crippen LogP contribution >= 0.6 is 11.3 Å². The summed E-state index contributed by atoms with van der Waals surface area (Å²) in [5.41, 5.74) is 3.74. The molecule has 0 aliphatic rings. The topological polar surface area (TPSA) is 55.5 Å². The van der Waals surface area contributed by atoms with E-state index in [1.54, 1.807) is 19.9 Å². The van der Waals surface area contributed by atoms with Gasteiger partial charge in [-0.25, -0.2) is 0 Å². The molecule has 0 amide bonds. The molecule has 0 spiro atoms. The van der Waals surface area contributed by atoms with Crippen LogP contribution in [0.2, 0.25) is 0 Å². The highest BCUT2D eigenvalue weighted by Gasteiger charge is 2.55. The van der Waals surface area contributed by atoms with Gasteiger partial charge in [0, 0.05) is 12.1 Å². The Bertz CT molecular complexity index is 714. The molecule has 1 aromatic heterocycles. The minimum absolute atomic E-state index is 0.477. The highest BCUT2D eigenvalue weighted by atomic mass is 32.1. The first-order chi connectivity index (χ1) is 11.5. The Labute approximate surface area is 149 Å². The van der Waals surface area contributed by atoms with Gasteiger partial charge in [-0.3, -0.25) is 0 Å². The van der Waals surface area contributed by atoms with E-state index in [-0.39, 0.29) is 0 Å². The van der Waals surface area contributed by atoms with Crippen molar-refractivity contribution in [2.45, 2.75) is 37.5 Å². The zero-order chi connectivity index (χ0) is 18.9. The molecule has 0 saturated carbocycles. The number of benzene rings is 1. The van der Waals surface area contributed by atoms with Gasteiger partial charge in [0.2, 0.25) is 0 Å². The van der Waals surface area contributed by atoms with E-state index in [0.717, 1.165) is 11.1 Å². The van der Waals surface area contributed by atoms with Crippen molar-refractivity contribution in [3.63, 3.8) is 0 Å².